The Morgan fingerprint density at radius 3 is 2.58 bits per heavy atom. The van der Waals surface area contributed by atoms with Crippen molar-refractivity contribution in [1.82, 2.24) is 0 Å². The van der Waals surface area contributed by atoms with Crippen LogP contribution in [0.1, 0.15) is 6.42 Å². The fraction of sp³-hybridized carbons (Fsp3) is 0.625. The third-order valence-corrected chi connectivity index (χ3v) is 2.88. The lowest BCUT2D eigenvalue weighted by atomic mass is 9.91. The van der Waals surface area contributed by atoms with Gasteiger partial charge in [-0.2, -0.15) is 0 Å². The molecule has 1 fully saturated rings. The summed E-state index contributed by atoms with van der Waals surface area (Å²) in [5.74, 6) is -0.252. The fourth-order valence-electron chi connectivity index (χ4n) is 2.31. The van der Waals surface area contributed by atoms with Crippen LogP contribution in [0.25, 0.3) is 0 Å². The minimum Gasteiger partial charge on any atom is -0.303 e. The summed E-state index contributed by atoms with van der Waals surface area (Å²) >= 11 is 0. The van der Waals surface area contributed by atoms with Gasteiger partial charge in [0.15, 0.2) is 0 Å². The van der Waals surface area contributed by atoms with Gasteiger partial charge in [-0.25, -0.2) is 0 Å². The Kier molecular flexibility index (Phi) is 1.49. The third-order valence-electron chi connectivity index (χ3n) is 2.88. The van der Waals surface area contributed by atoms with Crippen LogP contribution in [0, 0.1) is 27.9 Å². The van der Waals surface area contributed by atoms with E-state index in [0.29, 0.717) is 0 Å². The molecule has 0 unspecified atom stereocenters. The van der Waals surface area contributed by atoms with E-state index in [0.717, 1.165) is 12.7 Å². The molecule has 1 saturated carbocycles. The number of nitrogens with zero attached hydrogens (tertiary/aromatic N) is 1. The average molecular weight is 167 g/mol. The van der Waals surface area contributed by atoms with Crippen LogP contribution in [-0.2, 0) is 4.79 Å². The van der Waals surface area contributed by atoms with Gasteiger partial charge in [0, 0.05) is 10.8 Å². The summed E-state index contributed by atoms with van der Waals surface area (Å²) in [6.45, 7) is 0. The molecule has 12 heavy (non-hydrogen) atoms. The summed E-state index contributed by atoms with van der Waals surface area (Å²) in [6, 6.07) is -0.655. The Balaban J connectivity index is 2.28. The number of allylic oxidation sites excluding steroid dienone is 1. The van der Waals surface area contributed by atoms with E-state index in [1.165, 1.54) is 0 Å². The normalized spacial score (nSPS) is 43.3. The van der Waals surface area contributed by atoms with Crippen LogP contribution in [0.3, 0.4) is 0 Å². The summed E-state index contributed by atoms with van der Waals surface area (Å²) in [6.07, 6.45) is 5.33. The molecule has 0 aliphatic heterocycles. The lowest BCUT2D eigenvalue weighted by molar-refractivity contribution is -0.532. The molecule has 0 N–H and O–H groups in total. The number of fused-ring (bicyclic) bond motifs is 2. The summed E-state index contributed by atoms with van der Waals surface area (Å²) in [7, 11) is 0. The van der Waals surface area contributed by atoms with E-state index in [1.54, 1.807) is 0 Å². The highest BCUT2D eigenvalue weighted by atomic mass is 16.6. The van der Waals surface area contributed by atoms with Gasteiger partial charge in [0.25, 0.3) is 0 Å². The van der Waals surface area contributed by atoms with Crippen molar-refractivity contribution in [2.45, 2.75) is 12.5 Å². The lowest BCUT2D eigenvalue weighted by Crippen LogP contribution is -2.33. The molecule has 2 aliphatic carbocycles. The van der Waals surface area contributed by atoms with Crippen LogP contribution < -0.4 is 0 Å². The zero-order valence-electron chi connectivity index (χ0n) is 6.42. The van der Waals surface area contributed by atoms with Gasteiger partial charge in [0.05, 0.1) is 5.92 Å². The third kappa shape index (κ3) is 0.807. The van der Waals surface area contributed by atoms with Gasteiger partial charge in [-0.1, -0.05) is 12.2 Å². The molecule has 0 amide bonds. The molecule has 64 valence electrons. The van der Waals surface area contributed by atoms with Crippen molar-refractivity contribution in [3.8, 4) is 0 Å². The number of carbonyl (C=O) groups is 1. The first-order valence-electron chi connectivity index (χ1n) is 4.01. The summed E-state index contributed by atoms with van der Waals surface area (Å²) in [5, 5.41) is 10.6. The zero-order valence-corrected chi connectivity index (χ0v) is 6.42. The number of carbonyl (C=O) groups excluding carboxylic acids is 1. The Morgan fingerprint density at radius 1 is 1.42 bits per heavy atom. The van der Waals surface area contributed by atoms with E-state index in [9.17, 15) is 14.9 Å². The first-order chi connectivity index (χ1) is 5.74. The van der Waals surface area contributed by atoms with Gasteiger partial charge in [0.1, 0.15) is 6.29 Å². The van der Waals surface area contributed by atoms with E-state index >= 15 is 0 Å². The average Bonchev–Trinajstić information content (AvgIpc) is 2.60. The summed E-state index contributed by atoms with van der Waals surface area (Å²) in [4.78, 5) is 20.8. The predicted molar refractivity (Wildman–Crippen MR) is 41.1 cm³/mol. The maximum atomic E-state index is 10.6. The second-order valence-corrected chi connectivity index (χ2v) is 3.44. The molecule has 0 heterocycles. The summed E-state index contributed by atoms with van der Waals surface area (Å²) < 4.78 is 0. The molecule has 0 spiro atoms. The van der Waals surface area contributed by atoms with Crippen LogP contribution in [0.2, 0.25) is 0 Å². The van der Waals surface area contributed by atoms with Crippen molar-refractivity contribution < 1.29 is 9.72 Å². The first kappa shape index (κ1) is 7.46. The van der Waals surface area contributed by atoms with Gasteiger partial charge < -0.3 is 4.79 Å². The molecule has 2 rings (SSSR count). The lowest BCUT2D eigenvalue weighted by Gasteiger charge is -2.15. The number of hydrogen-bond acceptors (Lipinski definition) is 3. The van der Waals surface area contributed by atoms with Crippen molar-refractivity contribution in [2.24, 2.45) is 17.8 Å². The Labute approximate surface area is 69.4 Å². The van der Waals surface area contributed by atoms with Gasteiger partial charge in [-0.15, -0.1) is 0 Å². The minimum absolute atomic E-state index is 0.000185. The Morgan fingerprint density at radius 2 is 2.08 bits per heavy atom. The molecule has 4 atom stereocenters. The van der Waals surface area contributed by atoms with Crippen LogP contribution in [0.4, 0.5) is 0 Å². The Bertz CT molecular complexity index is 261. The monoisotopic (exact) mass is 167 g/mol. The standard InChI is InChI=1S/C8H9NO3/c10-4-7-5-1-2-6(3-5)8(7)9(11)12/h1-2,4-8H,3H2/t5-,6+,7-,8-/m0/s1. The van der Waals surface area contributed by atoms with Gasteiger partial charge in [-0.3, -0.25) is 10.1 Å². The first-order valence-corrected chi connectivity index (χ1v) is 4.01. The highest BCUT2D eigenvalue weighted by Crippen LogP contribution is 2.43. The molecule has 0 aromatic rings. The molecular formula is C8H9NO3. The molecule has 2 aliphatic rings. The zero-order chi connectivity index (χ0) is 8.72. The van der Waals surface area contributed by atoms with Crippen molar-refractivity contribution >= 4 is 6.29 Å². The van der Waals surface area contributed by atoms with E-state index < -0.39 is 6.04 Å². The second-order valence-electron chi connectivity index (χ2n) is 3.44. The van der Waals surface area contributed by atoms with Gasteiger partial charge in [0.2, 0.25) is 6.04 Å². The fourth-order valence-corrected chi connectivity index (χ4v) is 2.31. The number of aldehydes is 1. The Hall–Kier alpha value is -1.19. The van der Waals surface area contributed by atoms with Crippen molar-refractivity contribution in [3.05, 3.63) is 22.3 Å². The van der Waals surface area contributed by atoms with Crippen LogP contribution in [0.15, 0.2) is 12.2 Å². The van der Waals surface area contributed by atoms with Crippen LogP contribution in [-0.4, -0.2) is 17.3 Å². The van der Waals surface area contributed by atoms with Crippen LogP contribution in [0.5, 0.6) is 0 Å². The molecule has 0 saturated heterocycles. The van der Waals surface area contributed by atoms with E-state index in [4.69, 9.17) is 0 Å². The summed E-state index contributed by atoms with van der Waals surface area (Å²) in [5.41, 5.74) is 0. The van der Waals surface area contributed by atoms with Crippen molar-refractivity contribution in [3.63, 3.8) is 0 Å². The van der Waals surface area contributed by atoms with Crippen molar-refractivity contribution in [1.29, 1.82) is 0 Å². The molecule has 4 nitrogen and oxygen atoms in total. The number of nitro groups is 1. The molecule has 0 aromatic heterocycles. The maximum Gasteiger partial charge on any atom is 0.229 e. The van der Waals surface area contributed by atoms with Gasteiger partial charge >= 0.3 is 0 Å². The van der Waals surface area contributed by atoms with Crippen molar-refractivity contribution in [2.75, 3.05) is 0 Å². The SMILES string of the molecule is O=C[C@@H]1[C@@H]([N+](=O)[O-])[C@@H]2C=C[C@H]1C2. The van der Waals surface area contributed by atoms with E-state index in [-0.39, 0.29) is 22.7 Å². The minimum atomic E-state index is -0.655. The topological polar surface area (TPSA) is 60.2 Å². The van der Waals surface area contributed by atoms with Gasteiger partial charge in [-0.05, 0) is 12.3 Å². The van der Waals surface area contributed by atoms with Crippen LogP contribution >= 0.6 is 0 Å². The molecule has 0 aromatic carbocycles. The highest BCUT2D eigenvalue weighted by Gasteiger charge is 2.51. The predicted octanol–water partition coefficient (Wildman–Crippen LogP) is 0.653. The molecule has 2 bridgehead atoms. The number of rotatable bonds is 2. The molecular weight excluding hydrogens is 158 g/mol. The second kappa shape index (κ2) is 2.40. The molecule has 4 heteroatoms. The number of hydrogen-bond donors (Lipinski definition) is 0. The van der Waals surface area contributed by atoms with E-state index in [2.05, 4.69) is 0 Å². The largest absolute Gasteiger partial charge is 0.303 e. The molecule has 0 radical (unpaired) electrons. The smallest absolute Gasteiger partial charge is 0.229 e. The quantitative estimate of drug-likeness (QED) is 0.262. The highest BCUT2D eigenvalue weighted by molar-refractivity contribution is 5.57. The maximum absolute atomic E-state index is 10.6. The van der Waals surface area contributed by atoms with E-state index in [1.807, 2.05) is 12.2 Å².